The van der Waals surface area contributed by atoms with Crippen molar-refractivity contribution in [1.82, 2.24) is 0 Å². The fourth-order valence-corrected chi connectivity index (χ4v) is 4.10. The summed E-state index contributed by atoms with van der Waals surface area (Å²) in [5.41, 5.74) is 3.73. The Hall–Kier alpha value is -2.86. The lowest BCUT2D eigenvalue weighted by molar-refractivity contribution is 0.0529. The molecule has 0 bridgehead atoms. The van der Waals surface area contributed by atoms with E-state index in [1.165, 1.54) is 23.2 Å². The summed E-state index contributed by atoms with van der Waals surface area (Å²) < 4.78 is 10.5. The normalized spacial score (nSPS) is 10.9. The second-order valence-electron chi connectivity index (χ2n) is 7.21. The van der Waals surface area contributed by atoms with E-state index in [2.05, 4.69) is 31.3 Å². The highest BCUT2D eigenvalue weighted by molar-refractivity contribution is 7.15. The number of furan rings is 1. The molecule has 2 aromatic heterocycles. The van der Waals surface area contributed by atoms with E-state index >= 15 is 0 Å². The highest BCUT2D eigenvalue weighted by Crippen LogP contribution is 2.37. The fraction of sp³-hybridized carbons (Fsp3) is 0.304. The molecule has 0 aliphatic rings. The number of thiophene rings is 1. The Bertz CT molecular complexity index is 998. The summed E-state index contributed by atoms with van der Waals surface area (Å²) in [6, 6.07) is 9.78. The van der Waals surface area contributed by atoms with Gasteiger partial charge in [-0.25, -0.2) is 4.79 Å². The Balaban J connectivity index is 1.94. The smallest absolute Gasteiger partial charge is 0.341 e. The number of hydrogen-bond donors (Lipinski definition) is 1. The van der Waals surface area contributed by atoms with Gasteiger partial charge in [0.1, 0.15) is 16.3 Å². The first-order chi connectivity index (χ1) is 13.9. The van der Waals surface area contributed by atoms with Crippen LogP contribution in [0.1, 0.15) is 52.8 Å². The minimum atomic E-state index is -0.450. The number of ether oxygens (including phenoxy) is 1. The van der Waals surface area contributed by atoms with E-state index in [0.717, 1.165) is 17.5 Å². The second-order valence-corrected chi connectivity index (χ2v) is 8.09. The van der Waals surface area contributed by atoms with Crippen LogP contribution in [0.3, 0.4) is 0 Å². The van der Waals surface area contributed by atoms with Gasteiger partial charge in [-0.3, -0.25) is 4.79 Å². The van der Waals surface area contributed by atoms with Crippen molar-refractivity contribution in [2.24, 2.45) is 5.92 Å². The Kier molecular flexibility index (Phi) is 6.54. The van der Waals surface area contributed by atoms with Crippen LogP contribution in [0.25, 0.3) is 11.1 Å². The average Bonchev–Trinajstić information content (AvgIpc) is 3.28. The molecule has 6 heteroatoms. The highest BCUT2D eigenvalue weighted by Gasteiger charge is 2.24. The van der Waals surface area contributed by atoms with Gasteiger partial charge in [0.15, 0.2) is 0 Å². The molecule has 0 radical (unpaired) electrons. The number of carbonyl (C=O) groups excluding carboxylic acids is 2. The maximum absolute atomic E-state index is 12.7. The third kappa shape index (κ3) is 4.77. The van der Waals surface area contributed by atoms with Crippen molar-refractivity contribution in [3.05, 3.63) is 64.4 Å². The van der Waals surface area contributed by atoms with Gasteiger partial charge in [0.25, 0.3) is 5.91 Å². The maximum atomic E-state index is 12.7. The van der Waals surface area contributed by atoms with Crippen molar-refractivity contribution >= 4 is 28.2 Å². The summed E-state index contributed by atoms with van der Waals surface area (Å²) >= 11 is 1.31. The van der Waals surface area contributed by atoms with Gasteiger partial charge < -0.3 is 14.5 Å². The zero-order chi connectivity index (χ0) is 21.0. The van der Waals surface area contributed by atoms with Crippen molar-refractivity contribution in [3.63, 3.8) is 0 Å². The van der Waals surface area contributed by atoms with Gasteiger partial charge in [0.05, 0.1) is 18.4 Å². The number of aryl methyl sites for hydroxylation is 1. The van der Waals surface area contributed by atoms with E-state index in [-0.39, 0.29) is 12.5 Å². The topological polar surface area (TPSA) is 68.5 Å². The molecule has 3 aromatic rings. The van der Waals surface area contributed by atoms with Crippen LogP contribution in [-0.2, 0) is 11.2 Å². The molecule has 152 valence electrons. The predicted octanol–water partition coefficient (Wildman–Crippen LogP) is 5.94. The lowest BCUT2D eigenvalue weighted by Crippen LogP contribution is -2.15. The fourth-order valence-electron chi connectivity index (χ4n) is 3.15. The van der Waals surface area contributed by atoms with Crippen LogP contribution in [-0.4, -0.2) is 18.5 Å². The summed E-state index contributed by atoms with van der Waals surface area (Å²) in [5, 5.41) is 5.18. The van der Waals surface area contributed by atoms with Gasteiger partial charge in [0.2, 0.25) is 0 Å². The van der Waals surface area contributed by atoms with E-state index in [1.807, 2.05) is 17.5 Å². The molecule has 29 heavy (non-hydrogen) atoms. The van der Waals surface area contributed by atoms with Crippen LogP contribution < -0.4 is 5.32 Å². The molecule has 1 amide bonds. The molecule has 1 aromatic carbocycles. The van der Waals surface area contributed by atoms with Crippen molar-refractivity contribution in [1.29, 1.82) is 0 Å². The first-order valence-corrected chi connectivity index (χ1v) is 10.5. The van der Waals surface area contributed by atoms with Crippen molar-refractivity contribution in [2.45, 2.75) is 34.1 Å². The Morgan fingerprint density at radius 1 is 1.17 bits per heavy atom. The molecule has 1 N–H and O–H groups in total. The second kappa shape index (κ2) is 9.09. The molecule has 0 fully saturated rings. The maximum Gasteiger partial charge on any atom is 0.341 e. The van der Waals surface area contributed by atoms with E-state index < -0.39 is 5.97 Å². The van der Waals surface area contributed by atoms with E-state index in [9.17, 15) is 9.59 Å². The summed E-state index contributed by atoms with van der Waals surface area (Å²) in [4.78, 5) is 25.3. The molecule has 0 atom stereocenters. The van der Waals surface area contributed by atoms with Gasteiger partial charge in [-0.15, -0.1) is 11.3 Å². The number of esters is 1. The van der Waals surface area contributed by atoms with Crippen LogP contribution in [0.4, 0.5) is 5.00 Å². The molecule has 2 heterocycles. The molecule has 0 saturated carbocycles. The van der Waals surface area contributed by atoms with Crippen LogP contribution in [0, 0.1) is 12.8 Å². The van der Waals surface area contributed by atoms with E-state index in [4.69, 9.17) is 9.15 Å². The first-order valence-electron chi connectivity index (χ1n) is 9.64. The Labute approximate surface area is 174 Å². The number of hydrogen-bond acceptors (Lipinski definition) is 5. The quantitative estimate of drug-likeness (QED) is 0.488. The van der Waals surface area contributed by atoms with Gasteiger partial charge in [-0.2, -0.15) is 0 Å². The van der Waals surface area contributed by atoms with Crippen LogP contribution in [0.5, 0.6) is 0 Å². The molecular weight excluding hydrogens is 386 g/mol. The van der Waals surface area contributed by atoms with Gasteiger partial charge in [-0.1, -0.05) is 38.1 Å². The molecule has 0 saturated heterocycles. The van der Waals surface area contributed by atoms with Crippen LogP contribution >= 0.6 is 11.3 Å². The molecule has 0 aliphatic carbocycles. The molecule has 0 unspecified atom stereocenters. The number of rotatable bonds is 7. The molecule has 0 aliphatic heterocycles. The third-order valence-electron chi connectivity index (χ3n) is 4.51. The van der Waals surface area contributed by atoms with Crippen molar-refractivity contribution in [3.8, 4) is 11.1 Å². The first kappa shape index (κ1) is 20.9. The molecular formula is C23H25NO4S. The Morgan fingerprint density at radius 3 is 2.48 bits per heavy atom. The third-order valence-corrected chi connectivity index (χ3v) is 5.41. The van der Waals surface area contributed by atoms with Gasteiger partial charge in [0, 0.05) is 10.9 Å². The lowest BCUT2D eigenvalue weighted by Gasteiger charge is -2.10. The van der Waals surface area contributed by atoms with Crippen LogP contribution in [0.2, 0.25) is 0 Å². The standard InChI is InChI=1S/C23H25NO4S/c1-5-27-23(26)20-19(17-8-6-16(7-9-17)12-14(2)3)13-29-22(20)24-21(25)18-10-11-28-15(18)4/h6-11,13-14H,5,12H2,1-4H3,(H,24,25). The zero-order valence-electron chi connectivity index (χ0n) is 17.1. The highest BCUT2D eigenvalue weighted by atomic mass is 32.1. The summed E-state index contributed by atoms with van der Waals surface area (Å²) in [7, 11) is 0. The van der Waals surface area contributed by atoms with E-state index in [0.29, 0.717) is 27.8 Å². The monoisotopic (exact) mass is 411 g/mol. The average molecular weight is 412 g/mol. The van der Waals surface area contributed by atoms with Crippen molar-refractivity contribution < 1.29 is 18.7 Å². The van der Waals surface area contributed by atoms with Crippen LogP contribution in [0.15, 0.2) is 46.4 Å². The SMILES string of the molecule is CCOC(=O)c1c(-c2ccc(CC(C)C)cc2)csc1NC(=O)c1ccoc1C. The summed E-state index contributed by atoms with van der Waals surface area (Å²) in [6.07, 6.45) is 2.47. The number of benzene rings is 1. The zero-order valence-corrected chi connectivity index (χ0v) is 17.9. The van der Waals surface area contributed by atoms with Crippen molar-refractivity contribution in [2.75, 3.05) is 11.9 Å². The lowest BCUT2D eigenvalue weighted by atomic mass is 9.98. The number of anilines is 1. The number of nitrogens with one attached hydrogen (secondary N) is 1. The van der Waals surface area contributed by atoms with Gasteiger partial charge in [-0.05, 0) is 43.4 Å². The predicted molar refractivity (Wildman–Crippen MR) is 116 cm³/mol. The summed E-state index contributed by atoms with van der Waals surface area (Å²) in [5.74, 6) is 0.333. The van der Waals surface area contributed by atoms with E-state index in [1.54, 1.807) is 19.9 Å². The molecule has 3 rings (SSSR count). The number of amides is 1. The molecule has 0 spiro atoms. The Morgan fingerprint density at radius 2 is 1.90 bits per heavy atom. The summed E-state index contributed by atoms with van der Waals surface area (Å²) in [6.45, 7) is 8.11. The van der Waals surface area contributed by atoms with Gasteiger partial charge >= 0.3 is 5.97 Å². The number of carbonyl (C=O) groups is 2. The molecule has 5 nitrogen and oxygen atoms in total. The minimum absolute atomic E-state index is 0.260. The largest absolute Gasteiger partial charge is 0.469 e. The minimum Gasteiger partial charge on any atom is -0.469 e.